The van der Waals surface area contributed by atoms with Crippen LogP contribution in [-0.4, -0.2) is 33.8 Å². The number of hydrogen-bond donors (Lipinski definition) is 2. The van der Waals surface area contributed by atoms with Gasteiger partial charge in [-0.3, -0.25) is 14.0 Å². The zero-order chi connectivity index (χ0) is 15.5. The maximum absolute atomic E-state index is 12.3. The van der Waals surface area contributed by atoms with E-state index in [-0.39, 0.29) is 23.7 Å². The summed E-state index contributed by atoms with van der Waals surface area (Å²) in [6.07, 6.45) is 5.72. The minimum absolute atomic E-state index is 0.226. The van der Waals surface area contributed by atoms with Crippen LogP contribution in [-0.2, 0) is 0 Å². The highest BCUT2D eigenvalue weighted by molar-refractivity contribution is 6.02. The highest BCUT2D eigenvalue weighted by atomic mass is 16.2. The van der Waals surface area contributed by atoms with Gasteiger partial charge in [-0.25, -0.2) is 4.98 Å². The molecule has 1 aliphatic rings. The second-order valence-electron chi connectivity index (χ2n) is 5.60. The van der Waals surface area contributed by atoms with Crippen molar-refractivity contribution in [3.8, 4) is 0 Å². The normalized spacial score (nSPS) is 14.0. The van der Waals surface area contributed by atoms with Gasteiger partial charge in [0, 0.05) is 18.8 Å². The highest BCUT2D eigenvalue weighted by Gasteiger charge is 2.27. The fraction of sp³-hybridized carbons (Fsp3) is 0.438. The molecular weight excluding hydrogens is 280 g/mol. The molecule has 0 saturated heterocycles. The average Bonchev–Trinajstić information content (AvgIpc) is 3.24. The number of aromatic nitrogens is 2. The Morgan fingerprint density at radius 2 is 2.14 bits per heavy atom. The van der Waals surface area contributed by atoms with Crippen molar-refractivity contribution in [3.63, 3.8) is 0 Å². The molecule has 0 aromatic carbocycles. The predicted octanol–water partition coefficient (Wildman–Crippen LogP) is 1.76. The lowest BCUT2D eigenvalue weighted by atomic mass is 10.3. The minimum atomic E-state index is -0.234. The Labute approximate surface area is 128 Å². The first kappa shape index (κ1) is 14.6. The third-order valence-corrected chi connectivity index (χ3v) is 3.70. The van der Waals surface area contributed by atoms with Crippen LogP contribution in [0.2, 0.25) is 0 Å². The van der Waals surface area contributed by atoms with Crippen LogP contribution in [0.4, 0.5) is 0 Å². The summed E-state index contributed by atoms with van der Waals surface area (Å²) in [5, 5.41) is 5.76. The maximum Gasteiger partial charge on any atom is 0.287 e. The van der Waals surface area contributed by atoms with Gasteiger partial charge in [-0.05, 0) is 31.4 Å². The van der Waals surface area contributed by atoms with Crippen molar-refractivity contribution in [2.24, 2.45) is 0 Å². The SMILES string of the molecule is CCCCNC(=O)c1nc(C(=O)NC2CC2)n2ccccc12. The molecule has 2 heterocycles. The van der Waals surface area contributed by atoms with E-state index < -0.39 is 0 Å². The summed E-state index contributed by atoms with van der Waals surface area (Å²) >= 11 is 0. The number of imidazole rings is 1. The second-order valence-corrected chi connectivity index (χ2v) is 5.60. The number of rotatable bonds is 6. The molecule has 2 aromatic rings. The van der Waals surface area contributed by atoms with Gasteiger partial charge in [-0.15, -0.1) is 0 Å². The van der Waals surface area contributed by atoms with Crippen LogP contribution in [0.3, 0.4) is 0 Å². The Morgan fingerprint density at radius 1 is 1.32 bits per heavy atom. The zero-order valence-electron chi connectivity index (χ0n) is 12.6. The molecule has 0 aliphatic heterocycles. The molecule has 0 atom stereocenters. The largest absolute Gasteiger partial charge is 0.351 e. The first-order chi connectivity index (χ1) is 10.7. The van der Waals surface area contributed by atoms with E-state index in [9.17, 15) is 9.59 Å². The van der Waals surface area contributed by atoms with Gasteiger partial charge >= 0.3 is 0 Å². The average molecular weight is 300 g/mol. The maximum atomic E-state index is 12.3. The molecule has 6 heteroatoms. The molecule has 0 spiro atoms. The van der Waals surface area contributed by atoms with Gasteiger partial charge in [0.05, 0.1) is 5.52 Å². The molecule has 22 heavy (non-hydrogen) atoms. The van der Waals surface area contributed by atoms with Crippen LogP contribution >= 0.6 is 0 Å². The van der Waals surface area contributed by atoms with Gasteiger partial charge in [0.15, 0.2) is 5.69 Å². The molecule has 1 fully saturated rings. The van der Waals surface area contributed by atoms with Crippen LogP contribution in [0.15, 0.2) is 24.4 Å². The Balaban J connectivity index is 1.89. The van der Waals surface area contributed by atoms with Crippen LogP contribution in [0.1, 0.15) is 53.7 Å². The molecule has 0 radical (unpaired) electrons. The van der Waals surface area contributed by atoms with E-state index in [0.717, 1.165) is 25.7 Å². The van der Waals surface area contributed by atoms with E-state index >= 15 is 0 Å². The molecular formula is C16H20N4O2. The van der Waals surface area contributed by atoms with Gasteiger partial charge in [-0.1, -0.05) is 19.4 Å². The number of carbonyl (C=O) groups is 2. The standard InChI is InChI=1S/C16H20N4O2/c1-2-3-9-17-15(21)13-12-6-4-5-10-20(12)14(19-13)16(22)18-11-7-8-11/h4-6,10-11H,2-3,7-9H2,1H3,(H,17,21)(H,18,22). The Bertz CT molecular complexity index is 703. The summed E-state index contributed by atoms with van der Waals surface area (Å²) in [5.41, 5.74) is 0.954. The number of pyridine rings is 1. The molecule has 2 N–H and O–H groups in total. The van der Waals surface area contributed by atoms with E-state index in [4.69, 9.17) is 0 Å². The first-order valence-corrected chi connectivity index (χ1v) is 7.77. The first-order valence-electron chi connectivity index (χ1n) is 7.77. The minimum Gasteiger partial charge on any atom is -0.351 e. The second kappa shape index (κ2) is 6.17. The van der Waals surface area contributed by atoms with Crippen molar-refractivity contribution in [2.75, 3.05) is 6.54 Å². The molecule has 116 valence electrons. The zero-order valence-corrected chi connectivity index (χ0v) is 12.6. The molecule has 2 aromatic heterocycles. The summed E-state index contributed by atoms with van der Waals surface area (Å²) in [4.78, 5) is 28.9. The van der Waals surface area contributed by atoms with Crippen molar-refractivity contribution in [1.82, 2.24) is 20.0 Å². The molecule has 0 bridgehead atoms. The molecule has 1 saturated carbocycles. The summed E-state index contributed by atoms with van der Waals surface area (Å²) in [7, 11) is 0. The van der Waals surface area contributed by atoms with E-state index in [2.05, 4.69) is 22.5 Å². The topological polar surface area (TPSA) is 75.5 Å². The number of nitrogens with zero attached hydrogens (tertiary/aromatic N) is 2. The van der Waals surface area contributed by atoms with Gasteiger partial charge in [0.25, 0.3) is 11.8 Å². The summed E-state index contributed by atoms with van der Waals surface area (Å²) in [5.74, 6) is -0.193. The van der Waals surface area contributed by atoms with E-state index in [1.165, 1.54) is 0 Å². The predicted molar refractivity (Wildman–Crippen MR) is 82.9 cm³/mol. The Hall–Kier alpha value is -2.37. The lowest BCUT2D eigenvalue weighted by Crippen LogP contribution is -2.28. The van der Waals surface area contributed by atoms with Crippen molar-refractivity contribution >= 4 is 17.3 Å². The highest BCUT2D eigenvalue weighted by Crippen LogP contribution is 2.20. The third-order valence-electron chi connectivity index (χ3n) is 3.70. The number of carbonyl (C=O) groups excluding carboxylic acids is 2. The lowest BCUT2D eigenvalue weighted by molar-refractivity contribution is 0.0940. The van der Waals surface area contributed by atoms with E-state index in [1.807, 2.05) is 12.1 Å². The number of hydrogen-bond acceptors (Lipinski definition) is 3. The van der Waals surface area contributed by atoms with Gasteiger partial charge < -0.3 is 10.6 Å². The fourth-order valence-corrected chi connectivity index (χ4v) is 2.31. The lowest BCUT2D eigenvalue weighted by Gasteiger charge is -2.02. The van der Waals surface area contributed by atoms with Crippen molar-refractivity contribution < 1.29 is 9.59 Å². The summed E-state index contributed by atoms with van der Waals surface area (Å²) in [6.45, 7) is 2.68. The number of nitrogens with one attached hydrogen (secondary N) is 2. The number of amides is 2. The van der Waals surface area contributed by atoms with Crippen LogP contribution < -0.4 is 10.6 Å². The molecule has 0 unspecified atom stereocenters. The van der Waals surface area contributed by atoms with Crippen molar-refractivity contribution in [1.29, 1.82) is 0 Å². The Kier molecular flexibility index (Phi) is 4.09. The van der Waals surface area contributed by atoms with Crippen LogP contribution in [0.5, 0.6) is 0 Å². The number of unbranched alkanes of at least 4 members (excludes halogenated alkanes) is 1. The van der Waals surface area contributed by atoms with E-state index in [1.54, 1.807) is 16.7 Å². The smallest absolute Gasteiger partial charge is 0.287 e. The molecule has 2 amide bonds. The fourth-order valence-electron chi connectivity index (χ4n) is 2.31. The monoisotopic (exact) mass is 300 g/mol. The van der Waals surface area contributed by atoms with Crippen molar-refractivity contribution in [2.45, 2.75) is 38.6 Å². The van der Waals surface area contributed by atoms with Crippen molar-refractivity contribution in [3.05, 3.63) is 35.9 Å². The van der Waals surface area contributed by atoms with Crippen LogP contribution in [0, 0.1) is 0 Å². The van der Waals surface area contributed by atoms with Crippen LogP contribution in [0.25, 0.3) is 5.52 Å². The van der Waals surface area contributed by atoms with Gasteiger partial charge in [0.2, 0.25) is 5.82 Å². The molecule has 6 nitrogen and oxygen atoms in total. The molecule has 1 aliphatic carbocycles. The van der Waals surface area contributed by atoms with Gasteiger partial charge in [0.1, 0.15) is 0 Å². The molecule has 3 rings (SSSR count). The Morgan fingerprint density at radius 3 is 2.86 bits per heavy atom. The quantitative estimate of drug-likeness (QED) is 0.798. The summed E-state index contributed by atoms with van der Waals surface area (Å²) in [6, 6.07) is 5.71. The van der Waals surface area contributed by atoms with E-state index in [0.29, 0.717) is 17.8 Å². The van der Waals surface area contributed by atoms with Gasteiger partial charge in [-0.2, -0.15) is 0 Å². The summed E-state index contributed by atoms with van der Waals surface area (Å²) < 4.78 is 1.67. The third kappa shape index (κ3) is 2.95. The number of fused-ring (bicyclic) bond motifs is 1.